The largest absolute Gasteiger partial charge is 0.466 e. The van der Waals surface area contributed by atoms with Crippen LogP contribution in [-0.4, -0.2) is 47.4 Å². The zero-order chi connectivity index (χ0) is 69.1. The number of esters is 1. The van der Waals surface area contributed by atoms with Crippen LogP contribution in [0.15, 0.2) is 24.3 Å². The molecule has 0 heterocycles. The highest BCUT2D eigenvalue weighted by atomic mass is 16.5. The molecule has 0 rings (SSSR count). The van der Waals surface area contributed by atoms with Crippen molar-refractivity contribution in [1.29, 1.82) is 0 Å². The third kappa shape index (κ3) is 81.3. The first-order valence-electron chi connectivity index (χ1n) is 44.6. The van der Waals surface area contributed by atoms with Crippen LogP contribution in [-0.2, 0) is 14.3 Å². The van der Waals surface area contributed by atoms with E-state index in [0.717, 1.165) is 44.9 Å². The molecule has 6 heteroatoms. The number of amides is 1. The van der Waals surface area contributed by atoms with E-state index < -0.39 is 12.1 Å². The molecule has 1 amide bonds. The Kier molecular flexibility index (Phi) is 84.3. The summed E-state index contributed by atoms with van der Waals surface area (Å²) in [5.74, 6) is -0.00158. The Labute approximate surface area is 602 Å². The van der Waals surface area contributed by atoms with E-state index in [1.54, 1.807) is 0 Å². The molecule has 570 valence electrons. The van der Waals surface area contributed by atoms with Crippen molar-refractivity contribution < 1.29 is 24.5 Å². The van der Waals surface area contributed by atoms with E-state index in [4.69, 9.17) is 4.74 Å². The summed E-state index contributed by atoms with van der Waals surface area (Å²) in [5, 5.41) is 23.5. The lowest BCUT2D eigenvalue weighted by Crippen LogP contribution is -2.45. The number of nitrogens with one attached hydrogen (secondary N) is 1. The van der Waals surface area contributed by atoms with Gasteiger partial charge in [0.05, 0.1) is 25.4 Å². The van der Waals surface area contributed by atoms with Gasteiger partial charge in [-0.05, 0) is 57.8 Å². The highest BCUT2D eigenvalue weighted by molar-refractivity contribution is 5.76. The fourth-order valence-corrected chi connectivity index (χ4v) is 14.5. The molecular formula is C90H175NO5. The van der Waals surface area contributed by atoms with E-state index in [2.05, 4.69) is 43.5 Å². The van der Waals surface area contributed by atoms with Gasteiger partial charge in [-0.3, -0.25) is 9.59 Å². The molecule has 0 saturated heterocycles. The number of hydrogen-bond acceptors (Lipinski definition) is 5. The second-order valence-electron chi connectivity index (χ2n) is 30.9. The molecule has 96 heavy (non-hydrogen) atoms. The van der Waals surface area contributed by atoms with Crippen LogP contribution in [0.1, 0.15) is 515 Å². The summed E-state index contributed by atoms with van der Waals surface area (Å²) in [4.78, 5) is 24.7. The molecule has 0 saturated carbocycles. The summed E-state index contributed by atoms with van der Waals surface area (Å²) in [6.45, 7) is 5.02. The number of rotatable bonds is 85. The Hall–Kier alpha value is -1.66. The fourth-order valence-electron chi connectivity index (χ4n) is 14.5. The van der Waals surface area contributed by atoms with Crippen molar-refractivity contribution in [2.75, 3.05) is 13.2 Å². The van der Waals surface area contributed by atoms with E-state index >= 15 is 0 Å². The minimum atomic E-state index is -0.664. The fraction of sp³-hybridized carbons (Fsp3) is 0.933. The Morgan fingerprint density at radius 1 is 0.292 bits per heavy atom. The van der Waals surface area contributed by atoms with Crippen molar-refractivity contribution in [1.82, 2.24) is 5.32 Å². The molecule has 0 fully saturated rings. The molecule has 6 nitrogen and oxygen atoms in total. The Balaban J connectivity index is 3.35. The van der Waals surface area contributed by atoms with E-state index in [0.29, 0.717) is 25.9 Å². The SMILES string of the molecule is CCCCCCCCCCCCCCCCCCCCCCCCCCCC(O)C(CO)NC(=O)CCCCCCCCCCCCCCCCCCC/C=C\C/C=C\CCCCCCCCCCCCCCCOC(=O)CCCCCCCCCCCCCCCCCCC. The lowest BCUT2D eigenvalue weighted by Gasteiger charge is -2.22. The summed E-state index contributed by atoms with van der Waals surface area (Å²) in [5.41, 5.74) is 0. The highest BCUT2D eigenvalue weighted by Crippen LogP contribution is 2.21. The molecule has 0 aliphatic carbocycles. The third-order valence-corrected chi connectivity index (χ3v) is 21.3. The quantitative estimate of drug-likeness (QED) is 0.0320. The molecule has 0 aliphatic heterocycles. The van der Waals surface area contributed by atoms with Crippen molar-refractivity contribution in [2.24, 2.45) is 0 Å². The molecular weight excluding hydrogens is 1170 g/mol. The predicted octanol–water partition coefficient (Wildman–Crippen LogP) is 29.9. The van der Waals surface area contributed by atoms with Crippen LogP contribution in [0.3, 0.4) is 0 Å². The van der Waals surface area contributed by atoms with Gasteiger partial charge < -0.3 is 20.3 Å². The average Bonchev–Trinajstić information content (AvgIpc) is 3.49. The Morgan fingerprint density at radius 2 is 0.521 bits per heavy atom. The number of carbonyl (C=O) groups excluding carboxylic acids is 2. The number of carbonyl (C=O) groups is 2. The van der Waals surface area contributed by atoms with Crippen LogP contribution >= 0.6 is 0 Å². The molecule has 0 aliphatic rings. The zero-order valence-corrected chi connectivity index (χ0v) is 65.7. The van der Waals surface area contributed by atoms with Gasteiger partial charge in [0.2, 0.25) is 5.91 Å². The van der Waals surface area contributed by atoms with Gasteiger partial charge in [-0.2, -0.15) is 0 Å². The van der Waals surface area contributed by atoms with Gasteiger partial charge in [0.1, 0.15) is 0 Å². The number of unbranched alkanes of at least 4 members (excludes halogenated alkanes) is 70. The molecule has 3 N–H and O–H groups in total. The molecule has 2 atom stereocenters. The molecule has 0 bridgehead atoms. The van der Waals surface area contributed by atoms with Gasteiger partial charge in [0.25, 0.3) is 0 Å². The number of hydrogen-bond donors (Lipinski definition) is 3. The second kappa shape index (κ2) is 85.8. The van der Waals surface area contributed by atoms with Crippen LogP contribution < -0.4 is 5.32 Å². The monoisotopic (exact) mass is 1350 g/mol. The summed E-state index contributed by atoms with van der Waals surface area (Å²) in [7, 11) is 0. The molecule has 0 aromatic carbocycles. The first-order valence-corrected chi connectivity index (χ1v) is 44.6. The van der Waals surface area contributed by atoms with Crippen LogP contribution in [0.5, 0.6) is 0 Å². The normalized spacial score (nSPS) is 12.5. The highest BCUT2D eigenvalue weighted by Gasteiger charge is 2.20. The maximum absolute atomic E-state index is 12.6. The molecule has 2 unspecified atom stereocenters. The van der Waals surface area contributed by atoms with Gasteiger partial charge in [0, 0.05) is 12.8 Å². The van der Waals surface area contributed by atoms with Crippen molar-refractivity contribution in [3.05, 3.63) is 24.3 Å². The topological polar surface area (TPSA) is 95.9 Å². The van der Waals surface area contributed by atoms with Crippen LogP contribution in [0, 0.1) is 0 Å². The summed E-state index contributed by atoms with van der Waals surface area (Å²) >= 11 is 0. The summed E-state index contributed by atoms with van der Waals surface area (Å²) in [6.07, 6.45) is 112. The Bertz CT molecular complexity index is 1510. The second-order valence-corrected chi connectivity index (χ2v) is 30.9. The summed E-state index contributed by atoms with van der Waals surface area (Å²) in [6, 6.07) is -0.541. The van der Waals surface area contributed by atoms with E-state index in [-0.39, 0.29) is 18.5 Å². The minimum absolute atomic E-state index is 0.0241. The number of allylic oxidation sites excluding steroid dienone is 4. The first-order chi connectivity index (χ1) is 47.5. The number of aliphatic hydroxyl groups excluding tert-OH is 2. The van der Waals surface area contributed by atoms with Crippen LogP contribution in [0.25, 0.3) is 0 Å². The van der Waals surface area contributed by atoms with Crippen molar-refractivity contribution in [2.45, 2.75) is 527 Å². The maximum atomic E-state index is 12.6. The molecule has 0 aromatic rings. The maximum Gasteiger partial charge on any atom is 0.305 e. The van der Waals surface area contributed by atoms with Crippen LogP contribution in [0.2, 0.25) is 0 Å². The number of ether oxygens (including phenoxy) is 1. The molecule has 0 radical (unpaired) electrons. The lowest BCUT2D eigenvalue weighted by molar-refractivity contribution is -0.143. The van der Waals surface area contributed by atoms with E-state index in [1.165, 1.54) is 437 Å². The summed E-state index contributed by atoms with van der Waals surface area (Å²) < 4.78 is 5.52. The standard InChI is InChI=1S/C90H175NO5/c1-3-5-7-9-11-13-15-17-19-21-22-23-24-38-41-44-47-51-54-58-62-66-70-74-78-82-88(93)87(86-92)91-89(94)83-79-75-71-67-63-59-55-52-48-45-42-39-36-34-32-30-28-26-25-27-29-31-33-35-37-40-43-46-49-53-57-61-65-69-73-77-81-85-96-90(95)84-80-76-72-68-64-60-56-50-20-18-16-14-12-10-8-6-4-2/h25,27,31,33,87-88,92-93H,3-24,26,28-30,32,34-86H2,1-2H3,(H,91,94)/b27-25-,33-31-. The third-order valence-electron chi connectivity index (χ3n) is 21.3. The molecule has 0 spiro atoms. The smallest absolute Gasteiger partial charge is 0.305 e. The minimum Gasteiger partial charge on any atom is -0.466 e. The van der Waals surface area contributed by atoms with Crippen LogP contribution in [0.4, 0.5) is 0 Å². The lowest BCUT2D eigenvalue weighted by atomic mass is 10.0. The van der Waals surface area contributed by atoms with Gasteiger partial charge >= 0.3 is 5.97 Å². The van der Waals surface area contributed by atoms with Gasteiger partial charge in [0.15, 0.2) is 0 Å². The van der Waals surface area contributed by atoms with Crippen molar-refractivity contribution in [3.8, 4) is 0 Å². The van der Waals surface area contributed by atoms with Gasteiger partial charge in [-0.1, -0.05) is 468 Å². The molecule has 0 aromatic heterocycles. The Morgan fingerprint density at radius 3 is 0.792 bits per heavy atom. The van der Waals surface area contributed by atoms with Crippen molar-refractivity contribution >= 4 is 11.9 Å². The van der Waals surface area contributed by atoms with Gasteiger partial charge in [-0.15, -0.1) is 0 Å². The first kappa shape index (κ1) is 94.3. The van der Waals surface area contributed by atoms with E-state index in [9.17, 15) is 19.8 Å². The van der Waals surface area contributed by atoms with E-state index in [1.807, 2.05) is 0 Å². The average molecular weight is 1350 g/mol. The number of aliphatic hydroxyl groups is 2. The van der Waals surface area contributed by atoms with Gasteiger partial charge in [-0.25, -0.2) is 0 Å². The zero-order valence-electron chi connectivity index (χ0n) is 65.7. The van der Waals surface area contributed by atoms with Crippen molar-refractivity contribution in [3.63, 3.8) is 0 Å². The predicted molar refractivity (Wildman–Crippen MR) is 426 cm³/mol.